The van der Waals surface area contributed by atoms with Crippen molar-refractivity contribution in [2.24, 2.45) is 0 Å². The Balaban J connectivity index is 1.80. The molecule has 2 N–H and O–H groups in total. The quantitative estimate of drug-likeness (QED) is 0.536. The normalized spacial score (nSPS) is 13.2. The minimum absolute atomic E-state index is 0.115. The second-order valence-corrected chi connectivity index (χ2v) is 8.89. The molecule has 0 fully saturated rings. The van der Waals surface area contributed by atoms with E-state index in [1.54, 1.807) is 25.3 Å². The third-order valence-corrected chi connectivity index (χ3v) is 6.41. The molecule has 0 spiro atoms. The van der Waals surface area contributed by atoms with Gasteiger partial charge in [0.05, 0.1) is 18.0 Å². The van der Waals surface area contributed by atoms with Gasteiger partial charge in [0.1, 0.15) is 11.8 Å². The van der Waals surface area contributed by atoms with Gasteiger partial charge in [-0.15, -0.1) is 0 Å². The molecule has 0 saturated heterocycles. The summed E-state index contributed by atoms with van der Waals surface area (Å²) < 4.78 is 33.5. The lowest BCUT2D eigenvalue weighted by atomic mass is 10.0. The molecule has 7 heteroatoms. The first-order chi connectivity index (χ1) is 14.9. The summed E-state index contributed by atoms with van der Waals surface area (Å²) in [5, 5.41) is 2.92. The minimum Gasteiger partial charge on any atom is -0.497 e. The topological polar surface area (TPSA) is 84.5 Å². The van der Waals surface area contributed by atoms with Crippen LogP contribution in [0.25, 0.3) is 0 Å². The third kappa shape index (κ3) is 6.16. The predicted octanol–water partition coefficient (Wildman–Crippen LogP) is 3.46. The van der Waals surface area contributed by atoms with E-state index in [1.807, 2.05) is 61.5 Å². The van der Waals surface area contributed by atoms with Crippen molar-refractivity contribution >= 4 is 15.9 Å². The van der Waals surface area contributed by atoms with Crippen LogP contribution in [0, 0.1) is 0 Å². The first kappa shape index (κ1) is 22.5. The molecule has 0 saturated carbocycles. The average Bonchev–Trinajstić information content (AvgIpc) is 2.79. The molecular weight excluding hydrogens is 412 g/mol. The Kier molecular flexibility index (Phi) is 7.44. The number of nitrogens with one attached hydrogen (secondary N) is 2. The van der Waals surface area contributed by atoms with Crippen LogP contribution in [0.1, 0.15) is 24.1 Å². The maximum atomic E-state index is 13.1. The summed E-state index contributed by atoms with van der Waals surface area (Å²) in [5.74, 6) is 0.325. The largest absolute Gasteiger partial charge is 0.497 e. The van der Waals surface area contributed by atoms with Crippen LogP contribution in [0.2, 0.25) is 0 Å². The van der Waals surface area contributed by atoms with Gasteiger partial charge in [0.15, 0.2) is 0 Å². The summed E-state index contributed by atoms with van der Waals surface area (Å²) in [6.45, 7) is 1.85. The van der Waals surface area contributed by atoms with Crippen LogP contribution in [0.4, 0.5) is 0 Å². The third-order valence-electron chi connectivity index (χ3n) is 4.92. The lowest BCUT2D eigenvalue weighted by Crippen LogP contribution is -2.48. The number of methoxy groups -OCH3 is 1. The van der Waals surface area contributed by atoms with Crippen molar-refractivity contribution in [3.63, 3.8) is 0 Å². The van der Waals surface area contributed by atoms with Crippen molar-refractivity contribution < 1.29 is 17.9 Å². The molecule has 0 radical (unpaired) electrons. The van der Waals surface area contributed by atoms with E-state index in [4.69, 9.17) is 4.74 Å². The fourth-order valence-electron chi connectivity index (χ4n) is 3.18. The smallest absolute Gasteiger partial charge is 0.241 e. The van der Waals surface area contributed by atoms with E-state index in [0.29, 0.717) is 0 Å². The van der Waals surface area contributed by atoms with Gasteiger partial charge in [-0.1, -0.05) is 60.7 Å². The monoisotopic (exact) mass is 438 g/mol. The zero-order valence-electron chi connectivity index (χ0n) is 17.5. The predicted molar refractivity (Wildman–Crippen MR) is 120 cm³/mol. The van der Waals surface area contributed by atoms with Crippen molar-refractivity contribution in [1.29, 1.82) is 0 Å². The second-order valence-electron chi connectivity index (χ2n) is 7.18. The summed E-state index contributed by atoms with van der Waals surface area (Å²) in [4.78, 5) is 13.2. The van der Waals surface area contributed by atoms with E-state index in [-0.39, 0.29) is 17.4 Å². The number of ether oxygens (including phenoxy) is 1. The molecule has 0 unspecified atom stereocenters. The molecule has 0 aromatic heterocycles. The van der Waals surface area contributed by atoms with Crippen molar-refractivity contribution in [3.05, 3.63) is 96.1 Å². The molecule has 162 valence electrons. The van der Waals surface area contributed by atoms with Gasteiger partial charge in [-0.3, -0.25) is 4.79 Å². The van der Waals surface area contributed by atoms with Gasteiger partial charge >= 0.3 is 0 Å². The van der Waals surface area contributed by atoms with Gasteiger partial charge in [0.2, 0.25) is 15.9 Å². The standard InChI is InChI=1S/C24H26N2O4S/c1-18(20-13-15-21(30-2)16-14-20)25-24(27)23(17-19-9-5-3-6-10-19)26-31(28,29)22-11-7-4-8-12-22/h3-16,18,23,26H,17H2,1-2H3,(H,25,27)/t18-,23-/m0/s1. The van der Waals surface area contributed by atoms with Crippen LogP contribution in [0.3, 0.4) is 0 Å². The number of carbonyl (C=O) groups is 1. The molecule has 31 heavy (non-hydrogen) atoms. The van der Waals surface area contributed by atoms with Gasteiger partial charge in [-0.05, 0) is 48.7 Å². The average molecular weight is 439 g/mol. The zero-order valence-corrected chi connectivity index (χ0v) is 18.3. The van der Waals surface area contributed by atoms with E-state index >= 15 is 0 Å². The fourth-order valence-corrected chi connectivity index (χ4v) is 4.40. The summed E-state index contributed by atoms with van der Waals surface area (Å²) in [5.41, 5.74) is 1.74. The Morgan fingerprint density at radius 3 is 2.06 bits per heavy atom. The number of hydrogen-bond donors (Lipinski definition) is 2. The second kappa shape index (κ2) is 10.2. The number of sulfonamides is 1. The van der Waals surface area contributed by atoms with Crippen LogP contribution >= 0.6 is 0 Å². The van der Waals surface area contributed by atoms with Crippen LogP contribution < -0.4 is 14.8 Å². The summed E-state index contributed by atoms with van der Waals surface area (Å²) in [7, 11) is -2.27. The van der Waals surface area contributed by atoms with Crippen LogP contribution in [0.15, 0.2) is 89.8 Å². The van der Waals surface area contributed by atoms with E-state index in [0.717, 1.165) is 16.9 Å². The maximum Gasteiger partial charge on any atom is 0.241 e. The van der Waals surface area contributed by atoms with E-state index in [1.165, 1.54) is 12.1 Å². The van der Waals surface area contributed by atoms with Crippen molar-refractivity contribution in [3.8, 4) is 5.75 Å². The summed E-state index contributed by atoms with van der Waals surface area (Å²) in [6.07, 6.45) is 0.230. The highest BCUT2D eigenvalue weighted by atomic mass is 32.2. The van der Waals surface area contributed by atoms with Crippen molar-refractivity contribution in [2.75, 3.05) is 7.11 Å². The van der Waals surface area contributed by atoms with Crippen molar-refractivity contribution in [1.82, 2.24) is 10.0 Å². The Labute approximate surface area is 183 Å². The molecule has 3 rings (SSSR count). The molecule has 0 heterocycles. The van der Waals surface area contributed by atoms with Crippen molar-refractivity contribution in [2.45, 2.75) is 30.3 Å². The highest BCUT2D eigenvalue weighted by Crippen LogP contribution is 2.18. The lowest BCUT2D eigenvalue weighted by molar-refractivity contribution is -0.123. The molecule has 0 aliphatic rings. The molecule has 6 nitrogen and oxygen atoms in total. The first-order valence-electron chi connectivity index (χ1n) is 9.94. The number of rotatable bonds is 9. The first-order valence-corrected chi connectivity index (χ1v) is 11.4. The molecule has 0 aliphatic heterocycles. The molecule has 2 atom stereocenters. The molecule has 0 aliphatic carbocycles. The highest BCUT2D eigenvalue weighted by Gasteiger charge is 2.27. The van der Waals surface area contributed by atoms with Gasteiger partial charge in [0.25, 0.3) is 0 Å². The molecule has 3 aromatic rings. The number of benzene rings is 3. The number of hydrogen-bond acceptors (Lipinski definition) is 4. The summed E-state index contributed by atoms with van der Waals surface area (Å²) in [6, 6.07) is 23.4. The molecule has 3 aromatic carbocycles. The van der Waals surface area contributed by atoms with Crippen LogP contribution in [0.5, 0.6) is 5.75 Å². The Bertz CT molecular complexity index is 1090. The Morgan fingerprint density at radius 2 is 1.48 bits per heavy atom. The SMILES string of the molecule is COc1ccc([C@H](C)NC(=O)[C@H](Cc2ccccc2)NS(=O)(=O)c2ccccc2)cc1. The zero-order chi connectivity index (χ0) is 22.3. The Morgan fingerprint density at radius 1 is 0.903 bits per heavy atom. The number of amides is 1. The van der Waals surface area contributed by atoms with Crippen LogP contribution in [-0.2, 0) is 21.2 Å². The van der Waals surface area contributed by atoms with Crippen LogP contribution in [-0.4, -0.2) is 27.5 Å². The van der Waals surface area contributed by atoms with E-state index < -0.39 is 22.0 Å². The number of carbonyl (C=O) groups excluding carboxylic acids is 1. The Hall–Kier alpha value is -3.16. The highest BCUT2D eigenvalue weighted by molar-refractivity contribution is 7.89. The van der Waals surface area contributed by atoms with Gasteiger partial charge < -0.3 is 10.1 Å². The maximum absolute atomic E-state index is 13.1. The van der Waals surface area contributed by atoms with Gasteiger partial charge in [0, 0.05) is 0 Å². The minimum atomic E-state index is -3.86. The molecule has 0 bridgehead atoms. The lowest BCUT2D eigenvalue weighted by Gasteiger charge is -2.22. The molecular formula is C24H26N2O4S. The van der Waals surface area contributed by atoms with E-state index in [9.17, 15) is 13.2 Å². The van der Waals surface area contributed by atoms with E-state index in [2.05, 4.69) is 10.0 Å². The fraction of sp³-hybridized carbons (Fsp3) is 0.208. The summed E-state index contributed by atoms with van der Waals surface area (Å²) >= 11 is 0. The van der Waals surface area contributed by atoms with Gasteiger partial charge in [-0.2, -0.15) is 4.72 Å². The molecule has 1 amide bonds. The van der Waals surface area contributed by atoms with Gasteiger partial charge in [-0.25, -0.2) is 8.42 Å².